The van der Waals surface area contributed by atoms with Gasteiger partial charge in [0.25, 0.3) is 5.91 Å². The average Bonchev–Trinajstić information content (AvgIpc) is 3.26. The minimum Gasteiger partial charge on any atom is -0.495 e. The Morgan fingerprint density at radius 3 is 2.67 bits per heavy atom. The number of amides is 1. The van der Waals surface area contributed by atoms with Crippen molar-refractivity contribution in [2.24, 2.45) is 0 Å². The number of ether oxygens (including phenoxy) is 2. The molecule has 2 heterocycles. The lowest BCUT2D eigenvalue weighted by Crippen LogP contribution is -2.13. The number of benzene rings is 1. The standard InChI is InChI=1S/C16H13ClN2O3S2/c1-21-12-7-13(22-2)10(6-9(12)17)18-15(20)11-8-24-16(19-11)14-4-3-5-23-14/h3-8H,1-2H3,(H,18,20). The third kappa shape index (κ3) is 3.38. The zero-order valence-electron chi connectivity index (χ0n) is 12.8. The molecule has 1 aromatic carbocycles. The van der Waals surface area contributed by atoms with Gasteiger partial charge in [-0.3, -0.25) is 4.79 Å². The van der Waals surface area contributed by atoms with Crippen LogP contribution in [0.3, 0.4) is 0 Å². The number of thiazole rings is 1. The van der Waals surface area contributed by atoms with E-state index < -0.39 is 0 Å². The number of halogens is 1. The molecule has 3 aromatic rings. The highest BCUT2D eigenvalue weighted by Gasteiger charge is 2.16. The van der Waals surface area contributed by atoms with Gasteiger partial charge in [-0.1, -0.05) is 17.7 Å². The molecule has 0 aliphatic carbocycles. The first-order chi connectivity index (χ1) is 11.6. The molecule has 0 radical (unpaired) electrons. The Kier molecular flexibility index (Phi) is 5.03. The number of nitrogens with zero attached hydrogens (tertiary/aromatic N) is 1. The number of methoxy groups -OCH3 is 2. The first kappa shape index (κ1) is 16.8. The van der Waals surface area contributed by atoms with Crippen LogP contribution < -0.4 is 14.8 Å². The van der Waals surface area contributed by atoms with E-state index in [4.69, 9.17) is 21.1 Å². The molecule has 0 saturated heterocycles. The normalized spacial score (nSPS) is 10.5. The molecular weight excluding hydrogens is 368 g/mol. The molecule has 0 saturated carbocycles. The molecule has 2 aromatic heterocycles. The maximum absolute atomic E-state index is 12.4. The predicted octanol–water partition coefficient (Wildman–Crippen LogP) is 4.79. The number of nitrogens with one attached hydrogen (secondary N) is 1. The van der Waals surface area contributed by atoms with Crippen LogP contribution in [0.25, 0.3) is 9.88 Å². The van der Waals surface area contributed by atoms with E-state index in [0.717, 1.165) is 9.88 Å². The molecule has 0 unspecified atom stereocenters. The van der Waals surface area contributed by atoms with Gasteiger partial charge >= 0.3 is 0 Å². The van der Waals surface area contributed by atoms with E-state index in [1.54, 1.807) is 28.8 Å². The Balaban J connectivity index is 1.83. The number of carbonyl (C=O) groups excluding carboxylic acids is 1. The van der Waals surface area contributed by atoms with Crippen molar-refractivity contribution >= 4 is 45.9 Å². The molecule has 1 amide bonds. The van der Waals surface area contributed by atoms with Crippen molar-refractivity contribution < 1.29 is 14.3 Å². The van der Waals surface area contributed by atoms with Crippen LogP contribution in [0.5, 0.6) is 11.5 Å². The first-order valence-electron chi connectivity index (χ1n) is 6.84. The maximum Gasteiger partial charge on any atom is 0.275 e. The third-order valence-corrected chi connectivity index (χ3v) is 5.37. The smallest absolute Gasteiger partial charge is 0.275 e. The van der Waals surface area contributed by atoms with Gasteiger partial charge < -0.3 is 14.8 Å². The molecule has 8 heteroatoms. The summed E-state index contributed by atoms with van der Waals surface area (Å²) in [7, 11) is 3.02. The lowest BCUT2D eigenvalue weighted by molar-refractivity contribution is 0.102. The lowest BCUT2D eigenvalue weighted by Gasteiger charge is -2.12. The summed E-state index contributed by atoms with van der Waals surface area (Å²) < 4.78 is 10.4. The van der Waals surface area contributed by atoms with Crippen molar-refractivity contribution in [1.82, 2.24) is 4.98 Å². The largest absolute Gasteiger partial charge is 0.495 e. The summed E-state index contributed by atoms with van der Waals surface area (Å²) in [6, 6.07) is 7.13. The van der Waals surface area contributed by atoms with Gasteiger partial charge in [-0.05, 0) is 17.5 Å². The third-order valence-electron chi connectivity index (χ3n) is 3.19. The Hall–Kier alpha value is -2.09. The fourth-order valence-corrected chi connectivity index (χ4v) is 3.89. The van der Waals surface area contributed by atoms with Gasteiger partial charge in [0.05, 0.1) is 29.8 Å². The summed E-state index contributed by atoms with van der Waals surface area (Å²) in [4.78, 5) is 17.8. The summed E-state index contributed by atoms with van der Waals surface area (Å²) >= 11 is 9.12. The van der Waals surface area contributed by atoms with Crippen molar-refractivity contribution in [3.63, 3.8) is 0 Å². The molecule has 0 fully saturated rings. The number of aromatic nitrogens is 1. The van der Waals surface area contributed by atoms with Gasteiger partial charge in [-0.25, -0.2) is 4.98 Å². The Bertz CT molecular complexity index is 862. The van der Waals surface area contributed by atoms with Crippen LogP contribution in [0.2, 0.25) is 5.02 Å². The SMILES string of the molecule is COc1cc(OC)c(NC(=O)c2csc(-c3cccs3)n2)cc1Cl. The fourth-order valence-electron chi connectivity index (χ4n) is 2.04. The zero-order valence-corrected chi connectivity index (χ0v) is 15.2. The molecular formula is C16H13ClN2O3S2. The molecule has 0 atom stereocenters. The van der Waals surface area contributed by atoms with Crippen molar-refractivity contribution in [2.45, 2.75) is 0 Å². The topological polar surface area (TPSA) is 60.5 Å². The Morgan fingerprint density at radius 1 is 1.21 bits per heavy atom. The van der Waals surface area contributed by atoms with Crippen LogP contribution in [-0.4, -0.2) is 25.1 Å². The van der Waals surface area contributed by atoms with Crippen LogP contribution in [0.15, 0.2) is 35.0 Å². The minimum atomic E-state index is -0.325. The predicted molar refractivity (Wildman–Crippen MR) is 97.9 cm³/mol. The highest BCUT2D eigenvalue weighted by atomic mass is 35.5. The highest BCUT2D eigenvalue weighted by Crippen LogP contribution is 2.36. The van der Waals surface area contributed by atoms with Crippen LogP contribution in [0.4, 0.5) is 5.69 Å². The minimum absolute atomic E-state index is 0.325. The molecule has 24 heavy (non-hydrogen) atoms. The summed E-state index contributed by atoms with van der Waals surface area (Å²) in [5.74, 6) is 0.604. The number of thiophene rings is 1. The van der Waals surface area contributed by atoms with Crippen LogP contribution in [-0.2, 0) is 0 Å². The first-order valence-corrected chi connectivity index (χ1v) is 8.98. The second-order valence-corrected chi connectivity index (χ2v) is 6.87. The molecule has 0 aliphatic rings. The second-order valence-electron chi connectivity index (χ2n) is 4.66. The van der Waals surface area contributed by atoms with Crippen molar-refractivity contribution in [2.75, 3.05) is 19.5 Å². The summed E-state index contributed by atoms with van der Waals surface area (Å²) in [6.45, 7) is 0. The summed E-state index contributed by atoms with van der Waals surface area (Å²) in [6.07, 6.45) is 0. The van der Waals surface area contributed by atoms with Gasteiger partial charge in [-0.2, -0.15) is 0 Å². The van der Waals surface area contributed by atoms with Crippen LogP contribution >= 0.6 is 34.3 Å². The number of anilines is 1. The van der Waals surface area contributed by atoms with E-state index in [9.17, 15) is 4.79 Å². The molecule has 124 valence electrons. The van der Waals surface area contributed by atoms with E-state index in [1.807, 2.05) is 17.5 Å². The van der Waals surface area contributed by atoms with E-state index in [-0.39, 0.29) is 5.91 Å². The molecule has 3 rings (SSSR count). The van der Waals surface area contributed by atoms with E-state index in [0.29, 0.717) is 27.9 Å². The number of carbonyl (C=O) groups is 1. The van der Waals surface area contributed by atoms with Crippen LogP contribution in [0, 0.1) is 0 Å². The highest BCUT2D eigenvalue weighted by molar-refractivity contribution is 7.20. The van der Waals surface area contributed by atoms with E-state index >= 15 is 0 Å². The maximum atomic E-state index is 12.4. The summed E-state index contributed by atoms with van der Waals surface area (Å²) in [5, 5.41) is 7.66. The molecule has 1 N–H and O–H groups in total. The van der Waals surface area contributed by atoms with Crippen molar-refractivity contribution in [1.29, 1.82) is 0 Å². The fraction of sp³-hybridized carbons (Fsp3) is 0.125. The Labute approximate surface area is 151 Å². The molecule has 0 bridgehead atoms. The van der Waals surface area contributed by atoms with Gasteiger partial charge in [0.15, 0.2) is 0 Å². The number of hydrogen-bond acceptors (Lipinski definition) is 6. The lowest BCUT2D eigenvalue weighted by atomic mass is 10.2. The van der Waals surface area contributed by atoms with Gasteiger partial charge in [0.1, 0.15) is 22.2 Å². The van der Waals surface area contributed by atoms with Gasteiger partial charge in [0.2, 0.25) is 0 Å². The van der Waals surface area contributed by atoms with E-state index in [2.05, 4.69) is 10.3 Å². The van der Waals surface area contributed by atoms with Crippen molar-refractivity contribution in [3.05, 3.63) is 45.7 Å². The Morgan fingerprint density at radius 2 is 2.00 bits per heavy atom. The number of rotatable bonds is 5. The summed E-state index contributed by atoms with van der Waals surface area (Å²) in [5.41, 5.74) is 0.802. The van der Waals surface area contributed by atoms with Crippen molar-refractivity contribution in [3.8, 4) is 21.4 Å². The molecule has 0 spiro atoms. The number of hydrogen-bond donors (Lipinski definition) is 1. The molecule has 0 aliphatic heterocycles. The quantitative estimate of drug-likeness (QED) is 0.691. The zero-order chi connectivity index (χ0) is 17.1. The van der Waals surface area contributed by atoms with Crippen LogP contribution in [0.1, 0.15) is 10.5 Å². The van der Waals surface area contributed by atoms with Gasteiger partial charge in [-0.15, -0.1) is 22.7 Å². The van der Waals surface area contributed by atoms with E-state index in [1.165, 1.54) is 25.6 Å². The molecule has 5 nitrogen and oxygen atoms in total. The average molecular weight is 381 g/mol. The monoisotopic (exact) mass is 380 g/mol. The second kappa shape index (κ2) is 7.21. The van der Waals surface area contributed by atoms with Gasteiger partial charge in [0, 0.05) is 11.4 Å².